The number of aliphatic hydroxyl groups is 18. The van der Waals surface area contributed by atoms with Crippen molar-refractivity contribution in [3.63, 3.8) is 0 Å². The molecule has 4 bridgehead atoms. The lowest BCUT2D eigenvalue weighted by Crippen LogP contribution is -2.66. The first-order valence-corrected chi connectivity index (χ1v) is 26.1. The number of carbonyl (C=O) groups excluding carboxylic acids is 3. The summed E-state index contributed by atoms with van der Waals surface area (Å²) in [5.74, 6) is 0.958. The number of halogens is 1. The first kappa shape index (κ1) is 83.0. The van der Waals surface area contributed by atoms with Crippen LogP contribution in [0.3, 0.4) is 0 Å². The number of hydrogen-bond acceptors (Lipinski definition) is 35. The third-order valence-electron chi connectivity index (χ3n) is 13.5. The summed E-state index contributed by atoms with van der Waals surface area (Å²) < 4.78 is 80.7. The summed E-state index contributed by atoms with van der Waals surface area (Å²) in [7, 11) is 2.96. The fourth-order valence-corrected chi connectivity index (χ4v) is 8.83. The van der Waals surface area contributed by atoms with Crippen molar-refractivity contribution in [3.05, 3.63) is 60.0 Å². The smallest absolute Gasteiger partial charge is 0.222 e. The lowest BCUT2D eigenvalue weighted by atomic mass is 9.96. The van der Waals surface area contributed by atoms with Crippen LogP contribution in [0.4, 0.5) is 4.39 Å². The summed E-state index contributed by atoms with van der Waals surface area (Å²) in [6.45, 7) is -1.96. The zero-order valence-corrected chi connectivity index (χ0v) is 47.3. The van der Waals surface area contributed by atoms with Crippen molar-refractivity contribution in [2.24, 2.45) is 0 Å². The van der Waals surface area contributed by atoms with Crippen LogP contribution in [0, 0.1) is 0 Å². The van der Waals surface area contributed by atoms with E-state index in [-0.39, 0.29) is 49.2 Å². The van der Waals surface area contributed by atoms with Gasteiger partial charge in [0.2, 0.25) is 12.1 Å². The molecule has 38 heteroatoms. The summed E-state index contributed by atoms with van der Waals surface area (Å²) in [5.41, 5.74) is 0. The Hall–Kier alpha value is -4.04. The standard InChI is InChI=1S/C20H36O16.C6H12O6.C6H10O5.2C6H6O3.C5H4O2.CH3F.CH4.2H2O/c1-30-15-6(3-21)33-19(13(28)9(15)24)36-17-8(5-23)34-20(14(29)11(17)26)35-16-7(4-22)32-18(31-2)12(27)10(16)25;7-1-2-3(8)4(9)5(10)6(11)12-2;7-3-2-1-10-6(11-2)5(9)4(3)8;7-5-2-1-4-3-8-6(5)9-4;7-3-5-1-2-6(4-8)9-5;6-4-5-2-1-3-7-5;1-2;;;/h6-29H,3-5H2,1-2H3;2-11H,1H2;2-9H,1H2;1-2,4,6H,3H2;1-3,8H,4H2;1-4H;1H3;1H4;2*1H2/p+2/t6?,7?,8?,9-,10-,11?,12?,13?,14-,15-,16-,17+,18-,19+,20-;;;;;;;;;/m1........./s1. The predicted molar refractivity (Wildman–Crippen MR) is 286 cm³/mol. The molecule has 0 aromatic carbocycles. The zero-order chi connectivity index (χ0) is 64.1. The van der Waals surface area contributed by atoms with Gasteiger partial charge in [-0.05, 0) is 36.4 Å². The molecule has 10 rings (SSSR count). The molecule has 8 aliphatic rings. The molecule has 2 aromatic heterocycles. The van der Waals surface area contributed by atoms with Gasteiger partial charge in [-0.25, -0.2) is 0 Å². The molecule has 8 aliphatic heterocycles. The van der Waals surface area contributed by atoms with Gasteiger partial charge in [0.1, 0.15) is 141 Å². The molecular weight excluding hydrogens is 1220 g/mol. The normalized spacial score (nSPS) is 39.7. The number of aldehydes is 2. The van der Waals surface area contributed by atoms with Gasteiger partial charge in [-0.2, -0.15) is 0 Å². The maximum absolute atomic E-state index is 10.7. The van der Waals surface area contributed by atoms with E-state index in [4.69, 9.17) is 92.3 Å². The summed E-state index contributed by atoms with van der Waals surface area (Å²) in [4.78, 5) is 30.4. The summed E-state index contributed by atoms with van der Waals surface area (Å²) in [5, 5.41) is 172. The van der Waals surface area contributed by atoms with Crippen LogP contribution in [0.5, 0.6) is 0 Å². The number of hydrogen-bond donors (Lipinski definition) is 18. The van der Waals surface area contributed by atoms with Crippen molar-refractivity contribution >= 4 is 18.4 Å². The van der Waals surface area contributed by atoms with Crippen LogP contribution in [0.1, 0.15) is 34.3 Å². The average Bonchev–Trinajstić information content (AvgIpc) is 4.41. The Bertz CT molecular complexity index is 2220. The molecule has 89 heavy (non-hydrogen) atoms. The molecule has 0 radical (unpaired) electrons. The molecule has 10 heterocycles. The quantitative estimate of drug-likeness (QED) is 0.0654. The monoisotopic (exact) mass is 1310 g/mol. The van der Waals surface area contributed by atoms with Crippen molar-refractivity contribution in [3.8, 4) is 0 Å². The van der Waals surface area contributed by atoms with Crippen molar-refractivity contribution in [2.75, 3.05) is 61.0 Å². The molecule has 518 valence electrons. The molecule has 7 fully saturated rings. The van der Waals surface area contributed by atoms with Crippen LogP contribution in [-0.2, 0) is 79.2 Å². The van der Waals surface area contributed by atoms with Crippen molar-refractivity contribution < 1.29 is 187 Å². The molecule has 18 unspecified atom stereocenters. The first-order chi connectivity index (χ1) is 41.1. The molecule has 7 saturated heterocycles. The Morgan fingerprint density at radius 3 is 1.47 bits per heavy atom. The molecule has 24 N–H and O–H groups in total. The second-order valence-corrected chi connectivity index (χ2v) is 19.1. The van der Waals surface area contributed by atoms with E-state index in [9.17, 15) is 74.9 Å². The molecular formula is C51H87FO37+2. The van der Waals surface area contributed by atoms with Crippen LogP contribution < -0.4 is 0 Å². The van der Waals surface area contributed by atoms with Gasteiger partial charge in [0.25, 0.3) is 0 Å². The Kier molecular flexibility index (Phi) is 38.1. The number of ketones is 1. The highest BCUT2D eigenvalue weighted by molar-refractivity contribution is 5.93. The van der Waals surface area contributed by atoms with E-state index in [1.165, 1.54) is 32.6 Å². The fraction of sp³-hybridized carbons (Fsp3) is 0.745. The third-order valence-corrected chi connectivity index (χ3v) is 13.5. The van der Waals surface area contributed by atoms with Crippen LogP contribution in [0.2, 0.25) is 0 Å². The lowest BCUT2D eigenvalue weighted by molar-refractivity contribution is -0.379. The number of rotatable bonds is 13. The highest BCUT2D eigenvalue weighted by atomic mass is 19.1. The number of alkyl halides is 1. The van der Waals surface area contributed by atoms with Gasteiger partial charge in [0, 0.05) is 14.2 Å². The Morgan fingerprint density at radius 1 is 0.528 bits per heavy atom. The largest absolute Gasteiger partial charge is 0.462 e. The van der Waals surface area contributed by atoms with E-state index in [2.05, 4.69) is 9.15 Å². The van der Waals surface area contributed by atoms with Crippen molar-refractivity contribution in [1.29, 1.82) is 0 Å². The lowest BCUT2D eigenvalue weighted by Gasteiger charge is -2.48. The maximum atomic E-state index is 10.7. The fourth-order valence-electron chi connectivity index (χ4n) is 8.83. The third kappa shape index (κ3) is 21.8. The molecule has 37 nitrogen and oxygen atoms in total. The van der Waals surface area contributed by atoms with E-state index >= 15 is 0 Å². The molecule has 0 amide bonds. The summed E-state index contributed by atoms with van der Waals surface area (Å²) in [6, 6.07) is 6.35. The second kappa shape index (κ2) is 40.8. The van der Waals surface area contributed by atoms with Crippen molar-refractivity contribution in [2.45, 2.75) is 180 Å². The summed E-state index contributed by atoms with van der Waals surface area (Å²) in [6.07, 6.45) is -28.6. The van der Waals surface area contributed by atoms with Crippen LogP contribution in [-0.4, -0.2) is 337 Å². The highest BCUT2D eigenvalue weighted by Crippen LogP contribution is 2.33. The van der Waals surface area contributed by atoms with Gasteiger partial charge >= 0.3 is 0 Å². The van der Waals surface area contributed by atoms with Gasteiger partial charge in [0.15, 0.2) is 55.5 Å². The SMILES string of the molecule is C.CF.CO[C@@H]1OC(CO)[C@@H](O[C@H]2OC(CO)[C@H](O[C@@H]3OC(CO)[C@@H](OC)[C@H](O)C3O)C(O)[C@H]2O)[C@H](O)C1O.O=C1C=CC2COC1O2.O=Cc1ccc(CO)o1.O=Cc1ccco1.OC1C2COC(O2)C(O)C1O.OCC1OC(O)C(O)C(O)C1O.[OH3+].[OH3+]. The van der Waals surface area contributed by atoms with E-state index in [0.717, 1.165) is 0 Å². The van der Waals surface area contributed by atoms with Gasteiger partial charge in [-0.15, -0.1) is 0 Å². The van der Waals surface area contributed by atoms with Gasteiger partial charge in [-0.1, -0.05) is 7.43 Å². The Labute approximate surface area is 505 Å². The molecule has 0 saturated carbocycles. The highest BCUT2D eigenvalue weighted by Gasteiger charge is 2.54. The number of furan rings is 2. The molecule has 2 aromatic rings. The topological polar surface area (TPSA) is 618 Å². The molecule has 0 spiro atoms. The minimum absolute atomic E-state index is 0. The van der Waals surface area contributed by atoms with Gasteiger partial charge < -0.3 is 169 Å². The molecule has 27 atom stereocenters. The van der Waals surface area contributed by atoms with Crippen LogP contribution in [0.25, 0.3) is 0 Å². The number of carbonyl (C=O) groups is 3. The molecule has 0 aliphatic carbocycles. The zero-order valence-electron chi connectivity index (χ0n) is 47.3. The first-order valence-electron chi connectivity index (χ1n) is 26.1. The van der Waals surface area contributed by atoms with Crippen molar-refractivity contribution in [1.82, 2.24) is 0 Å². The van der Waals surface area contributed by atoms with Crippen LogP contribution in [0.15, 0.2) is 51.5 Å². The predicted octanol–water partition coefficient (Wildman–Crippen LogP) is -10.7. The van der Waals surface area contributed by atoms with Gasteiger partial charge in [0.05, 0.1) is 53.1 Å². The number of fused-ring (bicyclic) bond motifs is 4. The van der Waals surface area contributed by atoms with E-state index < -0.39 is 186 Å². The van der Waals surface area contributed by atoms with E-state index in [1.54, 1.807) is 24.3 Å². The van der Waals surface area contributed by atoms with E-state index in [0.29, 0.717) is 37.9 Å². The van der Waals surface area contributed by atoms with Crippen LogP contribution >= 0.6 is 0 Å². The minimum Gasteiger partial charge on any atom is -0.462 e. The maximum Gasteiger partial charge on any atom is 0.222 e. The average molecular weight is 1310 g/mol. The Morgan fingerprint density at radius 2 is 1.03 bits per heavy atom. The Balaban J connectivity index is 0.000000606. The van der Waals surface area contributed by atoms with E-state index in [1.807, 2.05) is 0 Å². The second-order valence-electron chi connectivity index (χ2n) is 19.1. The number of aliphatic hydroxyl groups excluding tert-OH is 18. The number of ether oxygens (including phenoxy) is 12. The number of methoxy groups -OCH3 is 2. The summed E-state index contributed by atoms with van der Waals surface area (Å²) >= 11 is 0. The minimum atomic E-state index is -1.85. The van der Waals surface area contributed by atoms with Gasteiger partial charge in [-0.3, -0.25) is 18.8 Å².